The van der Waals surface area contributed by atoms with Gasteiger partial charge in [-0.15, -0.1) is 11.3 Å². The molecule has 1 aromatic heterocycles. The second-order valence-electron chi connectivity index (χ2n) is 7.44. The predicted octanol–water partition coefficient (Wildman–Crippen LogP) is 4.13. The summed E-state index contributed by atoms with van der Waals surface area (Å²) in [6.45, 7) is 2.07. The summed E-state index contributed by atoms with van der Waals surface area (Å²) in [4.78, 5) is 33.4. The Morgan fingerprint density at radius 3 is 2.53 bits per heavy atom. The van der Waals surface area contributed by atoms with Gasteiger partial charge in [0.2, 0.25) is 5.91 Å². The van der Waals surface area contributed by atoms with Crippen LogP contribution in [0.15, 0.2) is 48.5 Å². The van der Waals surface area contributed by atoms with Gasteiger partial charge in [-0.25, -0.2) is 9.37 Å². The number of hydrogen-bond acceptors (Lipinski definition) is 4. The van der Waals surface area contributed by atoms with E-state index in [9.17, 15) is 14.0 Å². The third-order valence-corrected chi connectivity index (χ3v) is 6.46. The standard InChI is InChI=1S/C23H24FN3O2S/c24-18-8-2-1-7-17(18)23(29)27-14-6-13-26(15-16-27)22(28)12-5-11-21-25-19-9-3-4-10-20(19)30-21/h1-4,7-10H,5-6,11-16H2. The number of amides is 2. The van der Waals surface area contributed by atoms with Crippen LogP contribution in [-0.2, 0) is 11.2 Å². The number of aromatic nitrogens is 1. The average Bonchev–Trinajstić information content (AvgIpc) is 3.00. The highest BCUT2D eigenvalue weighted by Gasteiger charge is 2.24. The molecule has 0 radical (unpaired) electrons. The third-order valence-electron chi connectivity index (χ3n) is 5.36. The zero-order valence-corrected chi connectivity index (χ0v) is 17.5. The van der Waals surface area contributed by atoms with Crippen molar-refractivity contribution in [2.24, 2.45) is 0 Å². The molecule has 0 spiro atoms. The summed E-state index contributed by atoms with van der Waals surface area (Å²) in [5, 5.41) is 1.06. The second kappa shape index (κ2) is 9.34. The SMILES string of the molecule is O=C(CCCc1nc2ccccc2s1)N1CCCN(C(=O)c2ccccc2F)CC1. The minimum absolute atomic E-state index is 0.0908. The molecular weight excluding hydrogens is 401 g/mol. The van der Waals surface area contributed by atoms with Crippen LogP contribution in [0.25, 0.3) is 10.2 Å². The molecule has 5 nitrogen and oxygen atoms in total. The van der Waals surface area contributed by atoms with E-state index in [0.29, 0.717) is 39.0 Å². The zero-order valence-electron chi connectivity index (χ0n) is 16.7. The molecule has 0 N–H and O–H groups in total. The van der Waals surface area contributed by atoms with Gasteiger partial charge < -0.3 is 9.80 Å². The van der Waals surface area contributed by atoms with Crippen LogP contribution in [0, 0.1) is 5.82 Å². The number of carbonyl (C=O) groups excluding carboxylic acids is 2. The van der Waals surface area contributed by atoms with Crippen molar-refractivity contribution in [2.45, 2.75) is 25.7 Å². The number of halogens is 1. The number of fused-ring (bicyclic) bond motifs is 1. The third kappa shape index (κ3) is 4.67. The lowest BCUT2D eigenvalue weighted by Crippen LogP contribution is -2.37. The molecule has 2 amide bonds. The Kier molecular flexibility index (Phi) is 6.38. The van der Waals surface area contributed by atoms with Crippen molar-refractivity contribution < 1.29 is 14.0 Å². The van der Waals surface area contributed by atoms with Crippen molar-refractivity contribution in [3.8, 4) is 0 Å². The summed E-state index contributed by atoms with van der Waals surface area (Å²) in [5.74, 6) is -0.705. The van der Waals surface area contributed by atoms with Crippen molar-refractivity contribution in [3.63, 3.8) is 0 Å². The van der Waals surface area contributed by atoms with Crippen molar-refractivity contribution in [2.75, 3.05) is 26.2 Å². The molecule has 0 saturated carbocycles. The second-order valence-corrected chi connectivity index (χ2v) is 8.55. The van der Waals surface area contributed by atoms with E-state index in [2.05, 4.69) is 11.1 Å². The summed E-state index contributed by atoms with van der Waals surface area (Å²) < 4.78 is 15.1. The number of para-hydroxylation sites is 1. The Hall–Kier alpha value is -2.80. The number of benzene rings is 2. The highest BCUT2D eigenvalue weighted by Crippen LogP contribution is 2.23. The Bertz CT molecular complexity index is 1020. The van der Waals surface area contributed by atoms with Gasteiger partial charge in [0.1, 0.15) is 5.82 Å². The Labute approximate surface area is 179 Å². The average molecular weight is 426 g/mol. The van der Waals surface area contributed by atoms with Gasteiger partial charge in [-0.2, -0.15) is 0 Å². The van der Waals surface area contributed by atoms with Crippen molar-refractivity contribution in [3.05, 3.63) is 64.9 Å². The summed E-state index contributed by atoms with van der Waals surface area (Å²) in [6, 6.07) is 14.1. The van der Waals surface area contributed by atoms with Crippen LogP contribution in [0.2, 0.25) is 0 Å². The van der Waals surface area contributed by atoms with Gasteiger partial charge in [0.05, 0.1) is 20.8 Å². The molecule has 1 fully saturated rings. The first-order valence-corrected chi connectivity index (χ1v) is 11.1. The van der Waals surface area contributed by atoms with E-state index in [1.807, 2.05) is 23.1 Å². The largest absolute Gasteiger partial charge is 0.341 e. The summed E-state index contributed by atoms with van der Waals surface area (Å²) >= 11 is 1.68. The van der Waals surface area contributed by atoms with Crippen LogP contribution >= 0.6 is 11.3 Å². The lowest BCUT2D eigenvalue weighted by molar-refractivity contribution is -0.131. The van der Waals surface area contributed by atoms with Crippen LogP contribution in [0.3, 0.4) is 0 Å². The number of hydrogen-bond donors (Lipinski definition) is 0. The van der Waals surface area contributed by atoms with Crippen LogP contribution in [-0.4, -0.2) is 52.8 Å². The topological polar surface area (TPSA) is 53.5 Å². The van der Waals surface area contributed by atoms with Crippen LogP contribution in [0.5, 0.6) is 0 Å². The molecule has 0 aliphatic carbocycles. The molecule has 0 unspecified atom stereocenters. The highest BCUT2D eigenvalue weighted by atomic mass is 32.1. The molecule has 7 heteroatoms. The van der Waals surface area contributed by atoms with Gasteiger partial charge in [0.25, 0.3) is 5.91 Å². The summed E-state index contributed by atoms with van der Waals surface area (Å²) in [6.07, 6.45) is 2.71. The lowest BCUT2D eigenvalue weighted by Gasteiger charge is -2.22. The van der Waals surface area contributed by atoms with Gasteiger partial charge in [-0.3, -0.25) is 9.59 Å². The number of rotatable bonds is 5. The van der Waals surface area contributed by atoms with Gasteiger partial charge >= 0.3 is 0 Å². The maximum atomic E-state index is 13.9. The van der Waals surface area contributed by atoms with Crippen LogP contribution in [0.1, 0.15) is 34.6 Å². The quantitative estimate of drug-likeness (QED) is 0.618. The van der Waals surface area contributed by atoms with Crippen molar-refractivity contribution in [1.82, 2.24) is 14.8 Å². The molecule has 30 heavy (non-hydrogen) atoms. The van der Waals surface area contributed by atoms with E-state index in [1.54, 1.807) is 28.4 Å². The Morgan fingerprint density at radius 1 is 0.967 bits per heavy atom. The van der Waals surface area contributed by atoms with Gasteiger partial charge in [0.15, 0.2) is 0 Å². The van der Waals surface area contributed by atoms with E-state index in [4.69, 9.17) is 0 Å². The normalized spacial score (nSPS) is 14.7. The first kappa shape index (κ1) is 20.5. The van der Waals surface area contributed by atoms with Crippen molar-refractivity contribution >= 4 is 33.4 Å². The van der Waals surface area contributed by atoms with Crippen LogP contribution in [0.4, 0.5) is 4.39 Å². The Morgan fingerprint density at radius 2 is 1.70 bits per heavy atom. The fourth-order valence-corrected chi connectivity index (χ4v) is 4.76. The Balaban J connectivity index is 1.28. The minimum atomic E-state index is -0.505. The molecule has 2 aromatic carbocycles. The fourth-order valence-electron chi connectivity index (χ4n) is 3.75. The molecule has 1 saturated heterocycles. The maximum absolute atomic E-state index is 13.9. The lowest BCUT2D eigenvalue weighted by atomic mass is 10.2. The molecule has 156 valence electrons. The molecule has 3 aromatic rings. The predicted molar refractivity (Wildman–Crippen MR) is 116 cm³/mol. The van der Waals surface area contributed by atoms with Gasteiger partial charge in [0, 0.05) is 32.6 Å². The number of carbonyl (C=O) groups is 2. The highest BCUT2D eigenvalue weighted by molar-refractivity contribution is 7.18. The molecule has 4 rings (SSSR count). The smallest absolute Gasteiger partial charge is 0.256 e. The first-order valence-electron chi connectivity index (χ1n) is 10.3. The summed E-state index contributed by atoms with van der Waals surface area (Å²) in [7, 11) is 0. The molecule has 0 atom stereocenters. The van der Waals surface area contributed by atoms with Gasteiger partial charge in [-0.05, 0) is 43.5 Å². The zero-order chi connectivity index (χ0) is 20.9. The van der Waals surface area contributed by atoms with Crippen LogP contribution < -0.4 is 0 Å². The minimum Gasteiger partial charge on any atom is -0.341 e. The fraction of sp³-hybridized carbons (Fsp3) is 0.348. The number of thiazole rings is 1. The van der Waals surface area contributed by atoms with Crippen molar-refractivity contribution in [1.29, 1.82) is 0 Å². The first-order chi connectivity index (χ1) is 14.6. The van der Waals surface area contributed by atoms with E-state index < -0.39 is 5.82 Å². The molecule has 1 aliphatic heterocycles. The van der Waals surface area contributed by atoms with E-state index in [-0.39, 0.29) is 17.4 Å². The molecule has 2 heterocycles. The molecular formula is C23H24FN3O2S. The van der Waals surface area contributed by atoms with E-state index in [1.165, 1.54) is 16.8 Å². The van der Waals surface area contributed by atoms with Gasteiger partial charge in [-0.1, -0.05) is 24.3 Å². The van der Waals surface area contributed by atoms with E-state index in [0.717, 1.165) is 23.4 Å². The summed E-state index contributed by atoms with van der Waals surface area (Å²) in [5.41, 5.74) is 1.10. The number of aryl methyl sites for hydroxylation is 1. The molecule has 0 bridgehead atoms. The monoisotopic (exact) mass is 425 g/mol. The number of nitrogens with zero attached hydrogens (tertiary/aromatic N) is 3. The molecule has 1 aliphatic rings. The maximum Gasteiger partial charge on any atom is 0.256 e. The van der Waals surface area contributed by atoms with E-state index >= 15 is 0 Å².